The fourth-order valence-electron chi connectivity index (χ4n) is 2.54. The van der Waals surface area contributed by atoms with Crippen LogP contribution in [0.4, 0.5) is 0 Å². The van der Waals surface area contributed by atoms with Crippen LogP contribution >= 0.6 is 11.6 Å². The topological polar surface area (TPSA) is 34.9 Å². The standard InChI is InChI=1S/C17H21ClN2O/c1-4-5-6-9-14-12(2)19-20(13(14)3)17(21)15-10-7-8-11-16(15)18/h7-8,10-11H,4-6,9H2,1-3H3. The molecule has 0 unspecified atom stereocenters. The van der Waals surface area contributed by atoms with Crippen LogP contribution in [0.3, 0.4) is 0 Å². The number of aromatic nitrogens is 2. The molecule has 0 saturated carbocycles. The van der Waals surface area contributed by atoms with Crippen molar-refractivity contribution in [3.8, 4) is 0 Å². The summed E-state index contributed by atoms with van der Waals surface area (Å²) in [5, 5.41) is 4.88. The van der Waals surface area contributed by atoms with E-state index in [4.69, 9.17) is 11.6 Å². The van der Waals surface area contributed by atoms with E-state index in [0.717, 1.165) is 24.2 Å². The van der Waals surface area contributed by atoms with Crippen LogP contribution in [0.5, 0.6) is 0 Å². The quantitative estimate of drug-likeness (QED) is 0.758. The highest BCUT2D eigenvalue weighted by Crippen LogP contribution is 2.20. The molecule has 1 aromatic heterocycles. The van der Waals surface area contributed by atoms with Gasteiger partial charge in [-0.2, -0.15) is 5.10 Å². The van der Waals surface area contributed by atoms with Crippen molar-refractivity contribution in [2.45, 2.75) is 46.5 Å². The van der Waals surface area contributed by atoms with Gasteiger partial charge in [-0.25, -0.2) is 4.68 Å². The van der Waals surface area contributed by atoms with Crippen molar-refractivity contribution in [3.05, 3.63) is 51.8 Å². The third-order valence-electron chi connectivity index (χ3n) is 3.77. The number of carbonyl (C=O) groups is 1. The van der Waals surface area contributed by atoms with E-state index in [9.17, 15) is 4.79 Å². The van der Waals surface area contributed by atoms with Crippen LogP contribution in [-0.2, 0) is 6.42 Å². The Balaban J connectivity index is 2.31. The molecule has 21 heavy (non-hydrogen) atoms. The maximum Gasteiger partial charge on any atom is 0.279 e. The van der Waals surface area contributed by atoms with E-state index in [1.165, 1.54) is 23.1 Å². The Bertz CT molecular complexity index is 646. The van der Waals surface area contributed by atoms with Crippen LogP contribution in [0, 0.1) is 13.8 Å². The van der Waals surface area contributed by atoms with Gasteiger partial charge in [-0.05, 0) is 44.4 Å². The average Bonchev–Trinajstić information content (AvgIpc) is 2.75. The lowest BCUT2D eigenvalue weighted by Crippen LogP contribution is -2.16. The minimum Gasteiger partial charge on any atom is -0.267 e. The molecule has 0 saturated heterocycles. The summed E-state index contributed by atoms with van der Waals surface area (Å²) in [5.74, 6) is -0.164. The Hall–Kier alpha value is -1.61. The number of hydrogen-bond acceptors (Lipinski definition) is 2. The van der Waals surface area contributed by atoms with E-state index < -0.39 is 0 Å². The molecule has 0 spiro atoms. The zero-order valence-electron chi connectivity index (χ0n) is 12.8. The van der Waals surface area contributed by atoms with Crippen LogP contribution in [0.2, 0.25) is 5.02 Å². The van der Waals surface area contributed by atoms with E-state index in [1.54, 1.807) is 12.1 Å². The molecule has 0 atom stereocenters. The Labute approximate surface area is 130 Å². The largest absolute Gasteiger partial charge is 0.279 e. The smallest absolute Gasteiger partial charge is 0.267 e. The molecule has 0 N–H and O–H groups in total. The third kappa shape index (κ3) is 3.35. The molecule has 3 nitrogen and oxygen atoms in total. The number of aryl methyl sites for hydroxylation is 1. The average molecular weight is 305 g/mol. The highest BCUT2D eigenvalue weighted by Gasteiger charge is 2.19. The predicted octanol–water partition coefficient (Wildman–Crippen LogP) is 4.57. The minimum atomic E-state index is -0.164. The summed E-state index contributed by atoms with van der Waals surface area (Å²) in [5.41, 5.74) is 3.53. The fraction of sp³-hybridized carbons (Fsp3) is 0.412. The van der Waals surface area contributed by atoms with Gasteiger partial charge in [-0.15, -0.1) is 0 Å². The summed E-state index contributed by atoms with van der Waals surface area (Å²) in [4.78, 5) is 12.6. The molecular formula is C17H21ClN2O. The van der Waals surface area contributed by atoms with Crippen molar-refractivity contribution in [1.82, 2.24) is 9.78 Å². The molecule has 4 heteroatoms. The second-order valence-electron chi connectivity index (χ2n) is 5.30. The first kappa shape index (κ1) is 15.8. The Morgan fingerprint density at radius 1 is 1.24 bits per heavy atom. The molecule has 112 valence electrons. The van der Waals surface area contributed by atoms with Gasteiger partial charge in [0.2, 0.25) is 0 Å². The molecule has 0 radical (unpaired) electrons. The summed E-state index contributed by atoms with van der Waals surface area (Å²) in [6, 6.07) is 7.09. The van der Waals surface area contributed by atoms with Crippen molar-refractivity contribution < 1.29 is 4.79 Å². The summed E-state index contributed by atoms with van der Waals surface area (Å²) in [6.45, 7) is 6.10. The van der Waals surface area contributed by atoms with Crippen molar-refractivity contribution in [2.75, 3.05) is 0 Å². The highest BCUT2D eigenvalue weighted by molar-refractivity contribution is 6.33. The first-order chi connectivity index (χ1) is 10.1. The normalized spacial score (nSPS) is 10.9. The SMILES string of the molecule is CCCCCc1c(C)nn(C(=O)c2ccccc2Cl)c1C. The van der Waals surface area contributed by atoms with Crippen LogP contribution in [0.15, 0.2) is 24.3 Å². The molecule has 0 amide bonds. The molecule has 0 aliphatic rings. The van der Waals surface area contributed by atoms with E-state index in [2.05, 4.69) is 12.0 Å². The minimum absolute atomic E-state index is 0.164. The second-order valence-corrected chi connectivity index (χ2v) is 5.71. The number of unbranched alkanes of at least 4 members (excludes halogenated alkanes) is 2. The lowest BCUT2D eigenvalue weighted by atomic mass is 10.1. The van der Waals surface area contributed by atoms with E-state index in [0.29, 0.717) is 10.6 Å². The van der Waals surface area contributed by atoms with E-state index in [-0.39, 0.29) is 5.91 Å². The molecule has 1 heterocycles. The number of benzene rings is 1. The maximum atomic E-state index is 12.6. The van der Waals surface area contributed by atoms with Gasteiger partial charge in [-0.3, -0.25) is 4.79 Å². The molecule has 0 aliphatic heterocycles. The van der Waals surface area contributed by atoms with E-state index in [1.807, 2.05) is 26.0 Å². The van der Waals surface area contributed by atoms with Crippen molar-refractivity contribution in [1.29, 1.82) is 0 Å². The lowest BCUT2D eigenvalue weighted by molar-refractivity contribution is 0.0942. The molecule has 0 bridgehead atoms. The molecule has 2 aromatic rings. The summed E-state index contributed by atoms with van der Waals surface area (Å²) in [6.07, 6.45) is 4.48. The number of rotatable bonds is 5. The maximum absolute atomic E-state index is 12.6. The van der Waals surface area contributed by atoms with Gasteiger partial charge in [0.1, 0.15) is 0 Å². The number of halogens is 1. The van der Waals surface area contributed by atoms with Crippen LogP contribution in [-0.4, -0.2) is 15.7 Å². The van der Waals surface area contributed by atoms with Gasteiger partial charge in [0.15, 0.2) is 0 Å². The Morgan fingerprint density at radius 2 is 1.95 bits per heavy atom. The van der Waals surface area contributed by atoms with Crippen LogP contribution in [0.25, 0.3) is 0 Å². The Morgan fingerprint density at radius 3 is 2.62 bits per heavy atom. The number of nitrogens with zero attached hydrogens (tertiary/aromatic N) is 2. The first-order valence-corrected chi connectivity index (χ1v) is 7.78. The van der Waals surface area contributed by atoms with Gasteiger partial charge in [0.05, 0.1) is 16.3 Å². The zero-order valence-corrected chi connectivity index (χ0v) is 13.6. The van der Waals surface area contributed by atoms with Gasteiger partial charge < -0.3 is 0 Å². The molecule has 0 fully saturated rings. The molecule has 2 rings (SSSR count). The van der Waals surface area contributed by atoms with Crippen LogP contribution in [0.1, 0.15) is 53.5 Å². The van der Waals surface area contributed by atoms with Crippen molar-refractivity contribution in [2.24, 2.45) is 0 Å². The van der Waals surface area contributed by atoms with Crippen molar-refractivity contribution >= 4 is 17.5 Å². The van der Waals surface area contributed by atoms with E-state index >= 15 is 0 Å². The van der Waals surface area contributed by atoms with Gasteiger partial charge in [0, 0.05) is 5.69 Å². The van der Waals surface area contributed by atoms with Crippen LogP contribution < -0.4 is 0 Å². The lowest BCUT2D eigenvalue weighted by Gasteiger charge is -2.06. The summed E-state index contributed by atoms with van der Waals surface area (Å²) < 4.78 is 1.48. The zero-order chi connectivity index (χ0) is 15.4. The summed E-state index contributed by atoms with van der Waals surface area (Å²) in [7, 11) is 0. The molecule has 0 aliphatic carbocycles. The van der Waals surface area contributed by atoms with Crippen molar-refractivity contribution in [3.63, 3.8) is 0 Å². The van der Waals surface area contributed by atoms with Gasteiger partial charge in [0.25, 0.3) is 5.91 Å². The number of carbonyl (C=O) groups excluding carboxylic acids is 1. The fourth-order valence-corrected chi connectivity index (χ4v) is 2.75. The summed E-state index contributed by atoms with van der Waals surface area (Å²) >= 11 is 6.11. The van der Waals surface area contributed by atoms with Gasteiger partial charge in [-0.1, -0.05) is 43.5 Å². The molecular weight excluding hydrogens is 284 g/mol. The first-order valence-electron chi connectivity index (χ1n) is 7.40. The van der Waals surface area contributed by atoms with Gasteiger partial charge >= 0.3 is 0 Å². The third-order valence-corrected chi connectivity index (χ3v) is 4.10. The predicted molar refractivity (Wildman–Crippen MR) is 86.1 cm³/mol. The molecule has 1 aromatic carbocycles. The Kier molecular flexibility index (Phi) is 5.18. The number of hydrogen-bond donors (Lipinski definition) is 0. The monoisotopic (exact) mass is 304 g/mol. The second kappa shape index (κ2) is 6.90. The highest BCUT2D eigenvalue weighted by atomic mass is 35.5.